The van der Waals surface area contributed by atoms with Crippen molar-refractivity contribution in [2.45, 2.75) is 57.5 Å². The van der Waals surface area contributed by atoms with Crippen LogP contribution in [0.25, 0.3) is 0 Å². The number of carbonyl (C=O) groups is 2. The summed E-state index contributed by atoms with van der Waals surface area (Å²) in [6, 6.07) is 11.9. The minimum absolute atomic E-state index is 0.0551. The standard InChI is InChI=1S/C25H29FN2O2S/c1-3-21(26)22(4-2)28(23(29)17-20-15-10-16-31-20)24(18-11-6-5-7-12-18)25(30)27-19-13-8-9-14-19/h4-7,10-12,15-16,19,24H,2-3,8-9,13-14,17H2,1H3,(H,27,30)/b22-21-. The Balaban J connectivity index is 2.05. The molecule has 0 bridgehead atoms. The van der Waals surface area contributed by atoms with Crippen molar-refractivity contribution in [2.75, 3.05) is 0 Å². The number of rotatable bonds is 9. The topological polar surface area (TPSA) is 49.4 Å². The molecule has 0 saturated heterocycles. The van der Waals surface area contributed by atoms with E-state index >= 15 is 0 Å². The van der Waals surface area contributed by atoms with Crippen molar-refractivity contribution in [3.63, 3.8) is 0 Å². The monoisotopic (exact) mass is 440 g/mol. The Morgan fingerprint density at radius 1 is 1.23 bits per heavy atom. The van der Waals surface area contributed by atoms with Gasteiger partial charge in [-0.1, -0.05) is 62.7 Å². The molecular formula is C25H29FN2O2S. The van der Waals surface area contributed by atoms with Crippen molar-refractivity contribution in [1.82, 2.24) is 10.2 Å². The van der Waals surface area contributed by atoms with Gasteiger partial charge in [0.15, 0.2) is 0 Å². The highest BCUT2D eigenvalue weighted by Crippen LogP contribution is 2.31. The molecule has 31 heavy (non-hydrogen) atoms. The number of nitrogens with zero attached hydrogens (tertiary/aromatic N) is 1. The van der Waals surface area contributed by atoms with Crippen LogP contribution < -0.4 is 5.32 Å². The zero-order valence-corrected chi connectivity index (χ0v) is 18.7. The zero-order valence-electron chi connectivity index (χ0n) is 17.9. The molecule has 1 aromatic carbocycles. The third kappa shape index (κ3) is 5.70. The van der Waals surface area contributed by atoms with E-state index in [1.165, 1.54) is 22.3 Å². The Morgan fingerprint density at radius 2 is 1.94 bits per heavy atom. The number of hydrogen-bond donors (Lipinski definition) is 1. The van der Waals surface area contributed by atoms with Crippen LogP contribution in [0, 0.1) is 0 Å². The first-order valence-electron chi connectivity index (χ1n) is 10.8. The van der Waals surface area contributed by atoms with Gasteiger partial charge in [0, 0.05) is 10.9 Å². The lowest BCUT2D eigenvalue weighted by Crippen LogP contribution is -2.46. The summed E-state index contributed by atoms with van der Waals surface area (Å²) in [6.45, 7) is 5.43. The van der Waals surface area contributed by atoms with Crippen LogP contribution >= 0.6 is 11.3 Å². The van der Waals surface area contributed by atoms with Gasteiger partial charge in [0.2, 0.25) is 11.8 Å². The van der Waals surface area contributed by atoms with Crippen molar-refractivity contribution in [3.8, 4) is 0 Å². The van der Waals surface area contributed by atoms with Gasteiger partial charge in [-0.2, -0.15) is 0 Å². The highest BCUT2D eigenvalue weighted by atomic mass is 32.1. The van der Waals surface area contributed by atoms with E-state index < -0.39 is 11.9 Å². The van der Waals surface area contributed by atoms with E-state index in [1.807, 2.05) is 35.7 Å². The minimum atomic E-state index is -0.973. The summed E-state index contributed by atoms with van der Waals surface area (Å²) in [5, 5.41) is 4.99. The molecule has 1 fully saturated rings. The van der Waals surface area contributed by atoms with Crippen LogP contribution in [0.4, 0.5) is 4.39 Å². The lowest BCUT2D eigenvalue weighted by atomic mass is 10.0. The highest BCUT2D eigenvalue weighted by Gasteiger charge is 2.35. The Kier molecular flexibility index (Phi) is 8.18. The van der Waals surface area contributed by atoms with Gasteiger partial charge >= 0.3 is 0 Å². The predicted molar refractivity (Wildman–Crippen MR) is 123 cm³/mol. The number of carbonyl (C=O) groups excluding carboxylic acids is 2. The number of nitrogens with one attached hydrogen (secondary N) is 1. The van der Waals surface area contributed by atoms with Gasteiger partial charge in [-0.15, -0.1) is 11.3 Å². The molecule has 1 N–H and O–H groups in total. The lowest BCUT2D eigenvalue weighted by molar-refractivity contribution is -0.138. The van der Waals surface area contributed by atoms with E-state index in [4.69, 9.17) is 0 Å². The normalized spacial score (nSPS) is 15.8. The first kappa shape index (κ1) is 22.9. The molecule has 1 aliphatic carbocycles. The van der Waals surface area contributed by atoms with Crippen molar-refractivity contribution in [2.24, 2.45) is 0 Å². The summed E-state index contributed by atoms with van der Waals surface area (Å²) in [7, 11) is 0. The van der Waals surface area contributed by atoms with E-state index in [0.29, 0.717) is 5.56 Å². The molecule has 0 radical (unpaired) electrons. The second-order valence-corrected chi connectivity index (χ2v) is 8.70. The molecule has 0 spiro atoms. The molecule has 164 valence electrons. The molecule has 0 aliphatic heterocycles. The Bertz CT molecular complexity index is 918. The Morgan fingerprint density at radius 3 is 2.52 bits per heavy atom. The second kappa shape index (κ2) is 11.0. The SMILES string of the molecule is C=C/C(=C(/F)CC)N(C(=O)Cc1cccs1)C(C(=O)NC1CCCC1)c1ccccc1. The van der Waals surface area contributed by atoms with Crippen LogP contribution in [-0.4, -0.2) is 22.8 Å². The van der Waals surface area contributed by atoms with Crippen LogP contribution in [-0.2, 0) is 16.0 Å². The molecule has 2 amide bonds. The smallest absolute Gasteiger partial charge is 0.248 e. The molecular weight excluding hydrogens is 411 g/mol. The van der Waals surface area contributed by atoms with Crippen LogP contribution in [0.5, 0.6) is 0 Å². The number of benzene rings is 1. The molecule has 3 rings (SSSR count). The summed E-state index contributed by atoms with van der Waals surface area (Å²) in [4.78, 5) is 29.1. The molecule has 1 aliphatic rings. The molecule has 6 heteroatoms. The molecule has 1 aromatic heterocycles. The summed E-state index contributed by atoms with van der Waals surface area (Å²) in [6.07, 6.45) is 5.52. The third-order valence-electron chi connectivity index (χ3n) is 5.54. The largest absolute Gasteiger partial charge is 0.351 e. The Hall–Kier alpha value is -2.73. The van der Waals surface area contributed by atoms with Gasteiger partial charge in [-0.25, -0.2) is 4.39 Å². The van der Waals surface area contributed by atoms with E-state index in [-0.39, 0.29) is 36.4 Å². The summed E-state index contributed by atoms with van der Waals surface area (Å²) in [5.74, 6) is -1.10. The predicted octanol–water partition coefficient (Wildman–Crippen LogP) is 5.70. The highest BCUT2D eigenvalue weighted by molar-refractivity contribution is 7.10. The maximum Gasteiger partial charge on any atom is 0.248 e. The number of hydrogen-bond acceptors (Lipinski definition) is 3. The van der Waals surface area contributed by atoms with Crippen molar-refractivity contribution in [1.29, 1.82) is 0 Å². The number of halogens is 1. The molecule has 4 nitrogen and oxygen atoms in total. The summed E-state index contributed by atoms with van der Waals surface area (Å²) in [5.41, 5.74) is 0.695. The molecule has 1 saturated carbocycles. The van der Waals surface area contributed by atoms with Gasteiger partial charge in [0.1, 0.15) is 11.9 Å². The van der Waals surface area contributed by atoms with Gasteiger partial charge in [0.25, 0.3) is 0 Å². The maximum absolute atomic E-state index is 14.9. The number of allylic oxidation sites excluding steroid dienone is 2. The van der Waals surface area contributed by atoms with Crippen LogP contribution in [0.15, 0.2) is 72.0 Å². The Labute approximate surface area is 187 Å². The summed E-state index contributed by atoms with van der Waals surface area (Å²) < 4.78 is 14.9. The van der Waals surface area contributed by atoms with Gasteiger partial charge in [-0.05, 0) is 42.3 Å². The van der Waals surface area contributed by atoms with E-state index in [1.54, 1.807) is 19.1 Å². The number of amides is 2. The zero-order chi connectivity index (χ0) is 22.2. The van der Waals surface area contributed by atoms with Crippen molar-refractivity contribution in [3.05, 3.63) is 82.5 Å². The second-order valence-electron chi connectivity index (χ2n) is 7.67. The van der Waals surface area contributed by atoms with E-state index in [9.17, 15) is 14.0 Å². The summed E-state index contributed by atoms with van der Waals surface area (Å²) >= 11 is 1.46. The van der Waals surface area contributed by atoms with Crippen molar-refractivity contribution >= 4 is 23.2 Å². The van der Waals surface area contributed by atoms with Gasteiger partial charge in [0.05, 0.1) is 12.1 Å². The fraction of sp³-hybridized carbons (Fsp3) is 0.360. The molecule has 1 atom stereocenters. The average Bonchev–Trinajstić information content (AvgIpc) is 3.48. The average molecular weight is 441 g/mol. The van der Waals surface area contributed by atoms with Gasteiger partial charge in [-0.3, -0.25) is 14.5 Å². The fourth-order valence-corrected chi connectivity index (χ4v) is 4.68. The fourth-order valence-electron chi connectivity index (χ4n) is 3.99. The first-order valence-corrected chi connectivity index (χ1v) is 11.6. The lowest BCUT2D eigenvalue weighted by Gasteiger charge is -2.33. The van der Waals surface area contributed by atoms with Crippen LogP contribution in [0.1, 0.15) is 55.5 Å². The molecule has 2 aromatic rings. The number of thiophene rings is 1. The first-order chi connectivity index (χ1) is 15.0. The van der Waals surface area contributed by atoms with E-state index in [2.05, 4.69) is 11.9 Å². The molecule has 1 heterocycles. The molecule has 1 unspecified atom stereocenters. The van der Waals surface area contributed by atoms with Crippen molar-refractivity contribution < 1.29 is 14.0 Å². The quantitative estimate of drug-likeness (QED) is 0.509. The van der Waals surface area contributed by atoms with E-state index in [0.717, 1.165) is 30.6 Å². The third-order valence-corrected chi connectivity index (χ3v) is 6.42. The maximum atomic E-state index is 14.9. The minimum Gasteiger partial charge on any atom is -0.351 e. The van der Waals surface area contributed by atoms with Gasteiger partial charge < -0.3 is 5.32 Å². The van der Waals surface area contributed by atoms with Crippen LogP contribution in [0.2, 0.25) is 0 Å². The van der Waals surface area contributed by atoms with Crippen LogP contribution in [0.3, 0.4) is 0 Å².